The summed E-state index contributed by atoms with van der Waals surface area (Å²) in [6.45, 7) is 2.14. The number of nitriles is 1. The largest absolute Gasteiger partial charge is 0.396 e. The first-order chi connectivity index (χ1) is 11.5. The molecule has 0 unspecified atom stereocenters. The van der Waals surface area contributed by atoms with E-state index in [0.717, 1.165) is 31.9 Å². The van der Waals surface area contributed by atoms with Crippen LogP contribution < -0.4 is 0 Å². The van der Waals surface area contributed by atoms with Crippen molar-refractivity contribution in [3.8, 4) is 6.07 Å². The van der Waals surface area contributed by atoms with Crippen LogP contribution in [-0.4, -0.2) is 60.1 Å². The minimum Gasteiger partial charge on any atom is -0.396 e. The van der Waals surface area contributed by atoms with Gasteiger partial charge in [-0.2, -0.15) is 5.26 Å². The molecular formula is C18H22FN3O2. The first kappa shape index (κ1) is 16.9. The Morgan fingerprint density at radius 3 is 2.92 bits per heavy atom. The quantitative estimate of drug-likeness (QED) is 0.894. The van der Waals surface area contributed by atoms with Crippen LogP contribution in [0.4, 0.5) is 4.39 Å². The van der Waals surface area contributed by atoms with E-state index in [1.165, 1.54) is 12.1 Å². The van der Waals surface area contributed by atoms with E-state index < -0.39 is 5.82 Å². The number of aliphatic hydroxyl groups is 1. The van der Waals surface area contributed by atoms with Gasteiger partial charge in [-0.05, 0) is 51.1 Å². The Labute approximate surface area is 141 Å². The molecule has 128 valence electrons. The van der Waals surface area contributed by atoms with Gasteiger partial charge >= 0.3 is 0 Å². The van der Waals surface area contributed by atoms with E-state index in [1.54, 1.807) is 4.90 Å². The standard InChI is InChI=1S/C18H22FN3O2/c1-21-5-2-3-18(12-23)4-6-22(11-16(18)21)17(24)14-7-13(10-20)8-15(19)9-14/h7-9,16,23H,2-6,11-12H2,1H3/t16-,18-/m1/s1. The van der Waals surface area contributed by atoms with Gasteiger partial charge in [-0.1, -0.05) is 0 Å². The highest BCUT2D eigenvalue weighted by Gasteiger charge is 2.47. The van der Waals surface area contributed by atoms with Crippen LogP contribution >= 0.6 is 0 Å². The fourth-order valence-electron chi connectivity index (χ4n) is 4.16. The molecule has 1 aromatic carbocycles. The zero-order valence-corrected chi connectivity index (χ0v) is 13.8. The molecule has 0 aromatic heterocycles. The third-order valence-corrected chi connectivity index (χ3v) is 5.57. The summed E-state index contributed by atoms with van der Waals surface area (Å²) in [5.41, 5.74) is 0.208. The van der Waals surface area contributed by atoms with Gasteiger partial charge in [0.2, 0.25) is 0 Å². The third kappa shape index (κ3) is 2.90. The predicted molar refractivity (Wildman–Crippen MR) is 86.8 cm³/mol. The number of halogens is 1. The molecule has 0 aliphatic carbocycles. The average molecular weight is 331 g/mol. The number of hydrogen-bond acceptors (Lipinski definition) is 4. The zero-order chi connectivity index (χ0) is 17.3. The highest BCUT2D eigenvalue weighted by atomic mass is 19.1. The number of amides is 1. The summed E-state index contributed by atoms with van der Waals surface area (Å²) in [5.74, 6) is -0.828. The minimum absolute atomic E-state index is 0.109. The van der Waals surface area contributed by atoms with Crippen LogP contribution in [-0.2, 0) is 0 Å². The van der Waals surface area contributed by atoms with Gasteiger partial charge in [-0.25, -0.2) is 4.39 Å². The predicted octanol–water partition coefficient (Wildman–Crippen LogP) is 1.62. The van der Waals surface area contributed by atoms with Crippen molar-refractivity contribution in [2.45, 2.75) is 25.3 Å². The summed E-state index contributed by atoms with van der Waals surface area (Å²) in [5, 5.41) is 18.9. The first-order valence-electron chi connectivity index (χ1n) is 8.30. The maximum atomic E-state index is 13.6. The molecule has 1 amide bonds. The van der Waals surface area contributed by atoms with Crippen LogP contribution in [0, 0.1) is 22.6 Å². The molecule has 24 heavy (non-hydrogen) atoms. The Morgan fingerprint density at radius 2 is 2.21 bits per heavy atom. The van der Waals surface area contributed by atoms with E-state index in [2.05, 4.69) is 4.90 Å². The summed E-state index contributed by atoms with van der Waals surface area (Å²) in [6, 6.07) is 5.73. The minimum atomic E-state index is -0.575. The number of likely N-dealkylation sites (tertiary alicyclic amines) is 2. The molecule has 2 atom stereocenters. The number of benzene rings is 1. The van der Waals surface area contributed by atoms with Crippen molar-refractivity contribution in [2.24, 2.45) is 5.41 Å². The normalized spacial score (nSPS) is 27.4. The lowest BCUT2D eigenvalue weighted by Crippen LogP contribution is -2.62. The van der Waals surface area contributed by atoms with Gasteiger partial charge in [-0.15, -0.1) is 0 Å². The monoisotopic (exact) mass is 331 g/mol. The summed E-state index contributed by atoms with van der Waals surface area (Å²) in [4.78, 5) is 16.7. The number of piperidine rings is 2. The van der Waals surface area contributed by atoms with Crippen LogP contribution in [0.1, 0.15) is 35.2 Å². The van der Waals surface area contributed by atoms with Crippen molar-refractivity contribution >= 4 is 5.91 Å². The summed E-state index contributed by atoms with van der Waals surface area (Å²) in [6.07, 6.45) is 2.76. The number of fused-ring (bicyclic) bond motifs is 1. The number of nitrogens with zero attached hydrogens (tertiary/aromatic N) is 3. The molecule has 0 saturated carbocycles. The van der Waals surface area contributed by atoms with E-state index in [1.807, 2.05) is 13.1 Å². The van der Waals surface area contributed by atoms with E-state index in [9.17, 15) is 14.3 Å². The van der Waals surface area contributed by atoms with Crippen molar-refractivity contribution in [1.82, 2.24) is 9.80 Å². The van der Waals surface area contributed by atoms with Crippen LogP contribution in [0.15, 0.2) is 18.2 Å². The average Bonchev–Trinajstić information content (AvgIpc) is 2.60. The molecule has 0 spiro atoms. The molecule has 2 fully saturated rings. The second-order valence-corrected chi connectivity index (χ2v) is 6.96. The lowest BCUT2D eigenvalue weighted by molar-refractivity contribution is -0.0601. The lowest BCUT2D eigenvalue weighted by Gasteiger charge is -2.53. The molecule has 2 heterocycles. The SMILES string of the molecule is CN1CCC[C@]2(CO)CCN(C(=O)c3cc(F)cc(C#N)c3)C[C@@H]12. The number of carbonyl (C=O) groups excluding carboxylic acids is 1. The Bertz CT molecular complexity index is 687. The smallest absolute Gasteiger partial charge is 0.254 e. The van der Waals surface area contributed by atoms with Crippen molar-refractivity contribution in [1.29, 1.82) is 5.26 Å². The topological polar surface area (TPSA) is 67.6 Å². The highest BCUT2D eigenvalue weighted by Crippen LogP contribution is 2.41. The van der Waals surface area contributed by atoms with Gasteiger partial charge in [0.25, 0.3) is 5.91 Å². The summed E-state index contributed by atoms with van der Waals surface area (Å²) in [7, 11) is 2.03. The lowest BCUT2D eigenvalue weighted by atomic mass is 9.69. The Balaban J connectivity index is 1.83. The summed E-state index contributed by atoms with van der Waals surface area (Å²) >= 11 is 0. The molecule has 0 radical (unpaired) electrons. The Morgan fingerprint density at radius 1 is 1.42 bits per heavy atom. The van der Waals surface area contributed by atoms with E-state index >= 15 is 0 Å². The highest BCUT2D eigenvalue weighted by molar-refractivity contribution is 5.94. The second kappa shape index (κ2) is 6.50. The van der Waals surface area contributed by atoms with Gasteiger partial charge in [0, 0.05) is 30.1 Å². The molecule has 2 aliphatic rings. The Hall–Kier alpha value is -1.97. The number of hydrogen-bond donors (Lipinski definition) is 1. The van der Waals surface area contributed by atoms with Gasteiger partial charge in [-0.3, -0.25) is 4.79 Å². The van der Waals surface area contributed by atoms with E-state index in [-0.39, 0.29) is 35.1 Å². The fraction of sp³-hybridized carbons (Fsp3) is 0.556. The van der Waals surface area contributed by atoms with Crippen LogP contribution in [0.25, 0.3) is 0 Å². The number of rotatable bonds is 2. The molecular weight excluding hydrogens is 309 g/mol. The molecule has 5 nitrogen and oxygen atoms in total. The van der Waals surface area contributed by atoms with Crippen molar-refractivity contribution in [3.63, 3.8) is 0 Å². The summed E-state index contributed by atoms with van der Waals surface area (Å²) < 4.78 is 13.6. The fourth-order valence-corrected chi connectivity index (χ4v) is 4.16. The number of likely N-dealkylation sites (N-methyl/N-ethyl adjacent to an activating group) is 1. The van der Waals surface area contributed by atoms with Gasteiger partial charge in [0.15, 0.2) is 0 Å². The van der Waals surface area contributed by atoms with E-state index in [0.29, 0.717) is 13.1 Å². The number of carbonyl (C=O) groups is 1. The van der Waals surface area contributed by atoms with Gasteiger partial charge in [0.1, 0.15) is 5.82 Å². The molecule has 2 aliphatic heterocycles. The third-order valence-electron chi connectivity index (χ3n) is 5.57. The van der Waals surface area contributed by atoms with Crippen LogP contribution in [0.3, 0.4) is 0 Å². The molecule has 0 bridgehead atoms. The zero-order valence-electron chi connectivity index (χ0n) is 13.8. The first-order valence-corrected chi connectivity index (χ1v) is 8.30. The maximum absolute atomic E-state index is 13.6. The Kier molecular flexibility index (Phi) is 4.57. The molecule has 2 saturated heterocycles. The van der Waals surface area contributed by atoms with Crippen LogP contribution in [0.5, 0.6) is 0 Å². The van der Waals surface area contributed by atoms with Gasteiger partial charge < -0.3 is 14.9 Å². The molecule has 6 heteroatoms. The van der Waals surface area contributed by atoms with Crippen LogP contribution in [0.2, 0.25) is 0 Å². The van der Waals surface area contributed by atoms with E-state index in [4.69, 9.17) is 5.26 Å². The van der Waals surface area contributed by atoms with Gasteiger partial charge in [0.05, 0.1) is 18.2 Å². The second-order valence-electron chi connectivity index (χ2n) is 6.96. The van der Waals surface area contributed by atoms with Crippen molar-refractivity contribution < 1.29 is 14.3 Å². The number of aliphatic hydroxyl groups excluding tert-OH is 1. The maximum Gasteiger partial charge on any atom is 0.254 e. The molecule has 1 aromatic rings. The molecule has 3 rings (SSSR count). The molecule has 1 N–H and O–H groups in total. The van der Waals surface area contributed by atoms with Crippen molar-refractivity contribution in [2.75, 3.05) is 33.3 Å². The van der Waals surface area contributed by atoms with Crippen molar-refractivity contribution in [3.05, 3.63) is 35.1 Å².